The van der Waals surface area contributed by atoms with Gasteiger partial charge in [-0.05, 0) is 25.1 Å². The Morgan fingerprint density at radius 2 is 1.95 bits per heavy atom. The van der Waals surface area contributed by atoms with Crippen LogP contribution in [0.4, 0.5) is 0 Å². The first-order valence-corrected chi connectivity index (χ1v) is 8.22. The summed E-state index contributed by atoms with van der Waals surface area (Å²) in [5.74, 6) is 0. The lowest BCUT2D eigenvalue weighted by atomic mass is 10.1. The van der Waals surface area contributed by atoms with Gasteiger partial charge in [-0.3, -0.25) is 0 Å². The molecule has 0 aliphatic carbocycles. The van der Waals surface area contributed by atoms with Crippen LogP contribution in [0.25, 0.3) is 10.4 Å². The Morgan fingerprint density at radius 3 is 2.71 bits per heavy atom. The average Bonchev–Trinajstić information content (AvgIpc) is 2.96. The van der Waals surface area contributed by atoms with E-state index in [9.17, 15) is 0 Å². The zero-order valence-electron chi connectivity index (χ0n) is 12.7. The molecule has 0 atom stereocenters. The van der Waals surface area contributed by atoms with Crippen LogP contribution in [0.2, 0.25) is 0 Å². The average molecular weight is 302 g/mol. The maximum Gasteiger partial charge on any atom is 0.108 e. The van der Waals surface area contributed by atoms with Crippen LogP contribution in [0, 0.1) is 6.92 Å². The van der Waals surface area contributed by atoms with Gasteiger partial charge in [0.2, 0.25) is 0 Å². The number of rotatable bonds is 4. The van der Waals surface area contributed by atoms with Crippen LogP contribution in [-0.2, 0) is 6.54 Å². The first-order valence-electron chi connectivity index (χ1n) is 7.40. The molecule has 1 aromatic heterocycles. The summed E-state index contributed by atoms with van der Waals surface area (Å²) in [6.07, 6.45) is 1.99. The third-order valence-corrected chi connectivity index (χ3v) is 4.95. The number of aromatic nitrogens is 1. The predicted molar refractivity (Wildman–Crippen MR) is 88.2 cm³/mol. The van der Waals surface area contributed by atoms with Gasteiger partial charge in [0, 0.05) is 32.4 Å². The molecule has 2 heterocycles. The highest BCUT2D eigenvalue weighted by atomic mass is 32.1. The van der Waals surface area contributed by atoms with E-state index in [1.807, 2.05) is 6.20 Å². The minimum Gasteiger partial charge on any atom is -0.304 e. The molecule has 2 aromatic rings. The van der Waals surface area contributed by atoms with E-state index in [0.717, 1.165) is 37.7 Å². The molecule has 112 valence electrons. The zero-order chi connectivity index (χ0) is 14.7. The van der Waals surface area contributed by atoms with Gasteiger partial charge in [-0.25, -0.2) is 15.4 Å². The van der Waals surface area contributed by atoms with Crippen molar-refractivity contribution in [1.82, 2.24) is 20.3 Å². The van der Waals surface area contributed by atoms with Crippen molar-refractivity contribution in [3.8, 4) is 10.4 Å². The van der Waals surface area contributed by atoms with Crippen molar-refractivity contribution in [3.05, 3.63) is 41.0 Å². The second-order valence-corrected chi connectivity index (χ2v) is 6.67. The zero-order valence-corrected chi connectivity index (χ0v) is 13.5. The molecule has 1 fully saturated rings. The van der Waals surface area contributed by atoms with E-state index >= 15 is 0 Å². The van der Waals surface area contributed by atoms with Crippen molar-refractivity contribution in [1.29, 1.82) is 0 Å². The number of aryl methyl sites for hydroxylation is 1. The van der Waals surface area contributed by atoms with Crippen molar-refractivity contribution in [2.45, 2.75) is 13.5 Å². The molecule has 21 heavy (non-hydrogen) atoms. The summed E-state index contributed by atoms with van der Waals surface area (Å²) in [4.78, 5) is 8.16. The van der Waals surface area contributed by atoms with Gasteiger partial charge in [-0.1, -0.05) is 24.3 Å². The van der Waals surface area contributed by atoms with Gasteiger partial charge >= 0.3 is 0 Å². The number of nitrogens with one attached hydrogen (secondary N) is 1. The molecule has 1 aliphatic rings. The van der Waals surface area contributed by atoms with Gasteiger partial charge in [-0.15, -0.1) is 11.3 Å². The molecule has 0 spiro atoms. The molecule has 0 unspecified atom stereocenters. The van der Waals surface area contributed by atoms with Gasteiger partial charge in [0.25, 0.3) is 0 Å². The van der Waals surface area contributed by atoms with Crippen LogP contribution < -0.4 is 5.43 Å². The molecule has 1 aromatic carbocycles. The monoisotopic (exact) mass is 302 g/mol. The van der Waals surface area contributed by atoms with Gasteiger partial charge in [0.1, 0.15) is 5.01 Å². The van der Waals surface area contributed by atoms with Crippen LogP contribution in [-0.4, -0.2) is 48.1 Å². The predicted octanol–water partition coefficient (Wildman–Crippen LogP) is 2.37. The SMILES string of the molecule is Cc1ccccc1-c1cnc(CNN2CCN(C)CC2)s1. The van der Waals surface area contributed by atoms with Gasteiger partial charge in [-0.2, -0.15) is 0 Å². The lowest BCUT2D eigenvalue weighted by Gasteiger charge is -2.32. The highest BCUT2D eigenvalue weighted by Gasteiger charge is 2.14. The van der Waals surface area contributed by atoms with E-state index in [2.05, 4.69) is 58.6 Å². The van der Waals surface area contributed by atoms with E-state index in [1.54, 1.807) is 11.3 Å². The maximum atomic E-state index is 4.55. The van der Waals surface area contributed by atoms with Crippen molar-refractivity contribution in [3.63, 3.8) is 0 Å². The van der Waals surface area contributed by atoms with Gasteiger partial charge in [0.05, 0.1) is 11.4 Å². The number of benzene rings is 1. The molecule has 4 nitrogen and oxygen atoms in total. The lowest BCUT2D eigenvalue weighted by Crippen LogP contribution is -2.50. The van der Waals surface area contributed by atoms with Crippen LogP contribution >= 0.6 is 11.3 Å². The quantitative estimate of drug-likeness (QED) is 0.939. The first kappa shape index (κ1) is 14.7. The Bertz CT molecular complexity index is 587. The van der Waals surface area contributed by atoms with E-state index in [4.69, 9.17) is 0 Å². The van der Waals surface area contributed by atoms with E-state index in [1.165, 1.54) is 16.0 Å². The first-order chi connectivity index (χ1) is 10.2. The third kappa shape index (κ3) is 3.68. The van der Waals surface area contributed by atoms with Crippen LogP contribution in [0.3, 0.4) is 0 Å². The van der Waals surface area contributed by atoms with Crippen LogP contribution in [0.15, 0.2) is 30.5 Å². The topological polar surface area (TPSA) is 31.4 Å². The van der Waals surface area contributed by atoms with E-state index < -0.39 is 0 Å². The normalized spacial score (nSPS) is 17.2. The summed E-state index contributed by atoms with van der Waals surface area (Å²) >= 11 is 1.78. The van der Waals surface area contributed by atoms with Crippen LogP contribution in [0.1, 0.15) is 10.6 Å². The number of hydrogen-bond donors (Lipinski definition) is 1. The Labute approximate surface area is 130 Å². The molecule has 5 heteroatoms. The fraction of sp³-hybridized carbons (Fsp3) is 0.438. The molecule has 0 saturated carbocycles. The largest absolute Gasteiger partial charge is 0.304 e. The number of piperazine rings is 1. The molecule has 3 rings (SSSR count). The smallest absolute Gasteiger partial charge is 0.108 e. The standard InChI is InChI=1S/C16H22N4S/c1-13-5-3-4-6-14(13)15-11-17-16(21-15)12-18-20-9-7-19(2)8-10-20/h3-6,11,18H,7-10,12H2,1-2H3. The van der Waals surface area contributed by atoms with Crippen molar-refractivity contribution < 1.29 is 0 Å². The summed E-state index contributed by atoms with van der Waals surface area (Å²) in [5.41, 5.74) is 6.09. The number of thiazole rings is 1. The third-order valence-electron chi connectivity index (χ3n) is 3.92. The fourth-order valence-electron chi connectivity index (χ4n) is 2.51. The van der Waals surface area contributed by atoms with E-state index in [0.29, 0.717) is 0 Å². The van der Waals surface area contributed by atoms with E-state index in [-0.39, 0.29) is 0 Å². The fourth-order valence-corrected chi connectivity index (χ4v) is 3.45. The molecule has 0 radical (unpaired) electrons. The molecule has 0 amide bonds. The lowest BCUT2D eigenvalue weighted by molar-refractivity contribution is 0.102. The molecule has 1 saturated heterocycles. The van der Waals surface area contributed by atoms with Gasteiger partial charge in [0.15, 0.2) is 0 Å². The van der Waals surface area contributed by atoms with Crippen molar-refractivity contribution in [2.75, 3.05) is 33.2 Å². The molecule has 1 N–H and O–H groups in total. The summed E-state index contributed by atoms with van der Waals surface area (Å²) in [5, 5.41) is 3.45. The highest BCUT2D eigenvalue weighted by molar-refractivity contribution is 7.15. The van der Waals surface area contributed by atoms with Crippen LogP contribution in [0.5, 0.6) is 0 Å². The minimum absolute atomic E-state index is 0.820. The Morgan fingerprint density at radius 1 is 1.19 bits per heavy atom. The Kier molecular flexibility index (Phi) is 4.65. The summed E-state index contributed by atoms with van der Waals surface area (Å²) in [7, 11) is 2.17. The summed E-state index contributed by atoms with van der Waals surface area (Å²) in [6, 6.07) is 8.48. The molecule has 1 aliphatic heterocycles. The second kappa shape index (κ2) is 6.66. The summed E-state index contributed by atoms with van der Waals surface area (Å²) < 4.78 is 0. The second-order valence-electron chi connectivity index (χ2n) is 5.56. The number of nitrogens with zero attached hydrogens (tertiary/aromatic N) is 3. The molecular weight excluding hydrogens is 280 g/mol. The molecule has 0 bridgehead atoms. The maximum absolute atomic E-state index is 4.55. The van der Waals surface area contributed by atoms with Gasteiger partial charge < -0.3 is 4.90 Å². The Hall–Kier alpha value is -1.27. The summed E-state index contributed by atoms with van der Waals surface area (Å²) in [6.45, 7) is 7.37. The van der Waals surface area contributed by atoms with Crippen molar-refractivity contribution in [2.24, 2.45) is 0 Å². The number of likely N-dealkylation sites (N-methyl/N-ethyl adjacent to an activating group) is 1. The highest BCUT2D eigenvalue weighted by Crippen LogP contribution is 2.28. The molecular formula is C16H22N4S. The Balaban J connectivity index is 1.59. The number of hydrogen-bond acceptors (Lipinski definition) is 5. The number of hydrazine groups is 1. The minimum atomic E-state index is 0.820. The van der Waals surface area contributed by atoms with Crippen molar-refractivity contribution >= 4 is 11.3 Å².